The molecular formula is C26H30N6O2. The van der Waals surface area contributed by atoms with Gasteiger partial charge >= 0.3 is 0 Å². The van der Waals surface area contributed by atoms with Gasteiger partial charge in [-0.3, -0.25) is 14.3 Å². The molecule has 0 radical (unpaired) electrons. The van der Waals surface area contributed by atoms with Crippen LogP contribution in [0.3, 0.4) is 0 Å². The number of fused-ring (bicyclic) bond motifs is 1. The van der Waals surface area contributed by atoms with Gasteiger partial charge in [0.2, 0.25) is 0 Å². The van der Waals surface area contributed by atoms with Crippen molar-refractivity contribution in [3.8, 4) is 11.1 Å². The second-order valence-corrected chi connectivity index (χ2v) is 8.83. The van der Waals surface area contributed by atoms with Crippen molar-refractivity contribution in [2.45, 2.75) is 53.1 Å². The number of rotatable bonds is 7. The average molecular weight is 459 g/mol. The summed E-state index contributed by atoms with van der Waals surface area (Å²) in [5.74, 6) is 0.141. The standard InChI is InChI=1S/C26H30N6O2/c1-5-6-18-9-16(4)31-26(34)21(18)13-29-25(33)20-10-19(17-7-8-28-24(27)12-17)11-23-22(20)14-30-32(23)15(2)3/h7-12,14-15H,5-6,13H2,1-4H3,(H2,27,28)(H,29,33)(H,31,34). The lowest BCUT2D eigenvalue weighted by Gasteiger charge is -2.13. The molecule has 0 saturated heterocycles. The number of anilines is 1. The minimum absolute atomic E-state index is 0.119. The summed E-state index contributed by atoms with van der Waals surface area (Å²) in [6.07, 6.45) is 5.06. The monoisotopic (exact) mass is 458 g/mol. The van der Waals surface area contributed by atoms with E-state index in [1.165, 1.54) is 0 Å². The number of amides is 1. The number of pyridine rings is 2. The van der Waals surface area contributed by atoms with E-state index in [2.05, 4.69) is 27.3 Å². The minimum atomic E-state index is -0.264. The van der Waals surface area contributed by atoms with Gasteiger partial charge in [-0.15, -0.1) is 0 Å². The quantitative estimate of drug-likeness (QED) is 0.385. The number of carbonyl (C=O) groups is 1. The van der Waals surface area contributed by atoms with Crippen LogP contribution in [-0.4, -0.2) is 25.7 Å². The van der Waals surface area contributed by atoms with Crippen molar-refractivity contribution in [2.75, 3.05) is 5.73 Å². The van der Waals surface area contributed by atoms with Gasteiger partial charge in [0, 0.05) is 35.4 Å². The van der Waals surface area contributed by atoms with Crippen LogP contribution in [0.2, 0.25) is 0 Å². The van der Waals surface area contributed by atoms with Gasteiger partial charge in [-0.2, -0.15) is 5.10 Å². The molecule has 0 fully saturated rings. The first-order valence-electron chi connectivity index (χ1n) is 11.5. The largest absolute Gasteiger partial charge is 0.384 e. The Hall–Kier alpha value is -3.94. The molecular weight excluding hydrogens is 428 g/mol. The van der Waals surface area contributed by atoms with Crippen LogP contribution < -0.4 is 16.6 Å². The summed E-state index contributed by atoms with van der Waals surface area (Å²) in [7, 11) is 0. The maximum atomic E-state index is 13.4. The molecule has 0 aliphatic rings. The summed E-state index contributed by atoms with van der Waals surface area (Å²) in [4.78, 5) is 32.9. The highest BCUT2D eigenvalue weighted by Gasteiger charge is 2.18. The zero-order chi connectivity index (χ0) is 24.4. The molecule has 3 aromatic heterocycles. The topological polar surface area (TPSA) is 119 Å². The SMILES string of the molecule is CCCc1cc(C)[nH]c(=O)c1CNC(=O)c1cc(-c2ccnc(N)c2)cc2c1cnn2C(C)C. The van der Waals surface area contributed by atoms with Crippen molar-refractivity contribution in [3.05, 3.63) is 75.5 Å². The van der Waals surface area contributed by atoms with Crippen LogP contribution in [0.15, 0.2) is 47.5 Å². The van der Waals surface area contributed by atoms with E-state index in [0.29, 0.717) is 16.9 Å². The third-order valence-corrected chi connectivity index (χ3v) is 5.87. The summed E-state index contributed by atoms with van der Waals surface area (Å²) in [5.41, 5.74) is 11.2. The van der Waals surface area contributed by atoms with Crippen molar-refractivity contribution >= 4 is 22.6 Å². The molecule has 3 heterocycles. The Kier molecular flexibility index (Phi) is 6.49. The summed E-state index contributed by atoms with van der Waals surface area (Å²) in [5, 5.41) is 8.23. The minimum Gasteiger partial charge on any atom is -0.384 e. The lowest BCUT2D eigenvalue weighted by molar-refractivity contribution is 0.0952. The Morgan fingerprint density at radius 1 is 1.21 bits per heavy atom. The van der Waals surface area contributed by atoms with Crippen LogP contribution in [0, 0.1) is 6.92 Å². The van der Waals surface area contributed by atoms with E-state index in [-0.39, 0.29) is 24.1 Å². The number of aromatic nitrogens is 4. The van der Waals surface area contributed by atoms with E-state index < -0.39 is 0 Å². The Morgan fingerprint density at radius 2 is 2.00 bits per heavy atom. The summed E-state index contributed by atoms with van der Waals surface area (Å²) in [6.45, 7) is 8.17. The highest BCUT2D eigenvalue weighted by molar-refractivity contribution is 6.08. The first-order chi connectivity index (χ1) is 16.3. The van der Waals surface area contributed by atoms with Crippen LogP contribution >= 0.6 is 0 Å². The van der Waals surface area contributed by atoms with Crippen molar-refractivity contribution < 1.29 is 4.79 Å². The molecule has 4 aromatic rings. The fourth-order valence-corrected chi connectivity index (χ4v) is 4.27. The molecule has 4 rings (SSSR count). The first-order valence-corrected chi connectivity index (χ1v) is 11.5. The molecule has 0 saturated carbocycles. The predicted molar refractivity (Wildman–Crippen MR) is 135 cm³/mol. The lowest BCUT2D eigenvalue weighted by Crippen LogP contribution is -2.28. The maximum absolute atomic E-state index is 13.4. The molecule has 1 aromatic carbocycles. The number of aryl methyl sites for hydroxylation is 2. The number of benzene rings is 1. The van der Waals surface area contributed by atoms with Crippen molar-refractivity contribution in [3.63, 3.8) is 0 Å². The molecule has 176 valence electrons. The molecule has 8 nitrogen and oxygen atoms in total. The Balaban J connectivity index is 1.75. The van der Waals surface area contributed by atoms with Crippen molar-refractivity contribution in [2.24, 2.45) is 0 Å². The van der Waals surface area contributed by atoms with Gasteiger partial charge in [0.05, 0.1) is 17.3 Å². The van der Waals surface area contributed by atoms with Crippen LogP contribution in [0.5, 0.6) is 0 Å². The molecule has 0 unspecified atom stereocenters. The number of H-pyrrole nitrogens is 1. The number of nitrogens with zero attached hydrogens (tertiary/aromatic N) is 3. The fraction of sp³-hybridized carbons (Fsp3) is 0.308. The highest BCUT2D eigenvalue weighted by atomic mass is 16.1. The molecule has 1 amide bonds. The third kappa shape index (κ3) is 4.57. The Labute approximate surface area is 198 Å². The van der Waals surface area contributed by atoms with Gasteiger partial charge in [-0.25, -0.2) is 4.98 Å². The number of carbonyl (C=O) groups excluding carboxylic acids is 1. The normalized spacial score (nSPS) is 11.3. The smallest absolute Gasteiger partial charge is 0.253 e. The number of hydrogen-bond acceptors (Lipinski definition) is 5. The zero-order valence-corrected chi connectivity index (χ0v) is 20.0. The fourth-order valence-electron chi connectivity index (χ4n) is 4.27. The van der Waals surface area contributed by atoms with Gasteiger partial charge in [0.25, 0.3) is 11.5 Å². The first kappa shape index (κ1) is 23.2. The molecule has 8 heteroatoms. The number of nitrogens with two attached hydrogens (primary N) is 1. The van der Waals surface area contributed by atoms with E-state index in [1.807, 2.05) is 49.7 Å². The second kappa shape index (κ2) is 9.51. The van der Waals surface area contributed by atoms with Gasteiger partial charge in [0.1, 0.15) is 5.82 Å². The summed E-state index contributed by atoms with van der Waals surface area (Å²) < 4.78 is 1.89. The number of aromatic amines is 1. The van der Waals surface area contributed by atoms with E-state index >= 15 is 0 Å². The average Bonchev–Trinajstić information content (AvgIpc) is 3.22. The van der Waals surface area contributed by atoms with Crippen LogP contribution in [-0.2, 0) is 13.0 Å². The predicted octanol–water partition coefficient (Wildman–Crippen LogP) is 4.14. The Bertz CT molecular complexity index is 1420. The van der Waals surface area contributed by atoms with Gasteiger partial charge in [-0.1, -0.05) is 13.3 Å². The Morgan fingerprint density at radius 3 is 2.71 bits per heavy atom. The molecule has 0 spiro atoms. The van der Waals surface area contributed by atoms with Crippen molar-refractivity contribution in [1.29, 1.82) is 0 Å². The van der Waals surface area contributed by atoms with Crippen molar-refractivity contribution in [1.82, 2.24) is 25.1 Å². The molecule has 0 bridgehead atoms. The van der Waals surface area contributed by atoms with E-state index in [1.54, 1.807) is 18.5 Å². The number of nitrogen functional groups attached to an aromatic ring is 1. The third-order valence-electron chi connectivity index (χ3n) is 5.87. The molecule has 34 heavy (non-hydrogen) atoms. The lowest BCUT2D eigenvalue weighted by atomic mass is 9.99. The van der Waals surface area contributed by atoms with Gasteiger partial charge in [0.15, 0.2) is 0 Å². The van der Waals surface area contributed by atoms with E-state index in [0.717, 1.165) is 46.1 Å². The van der Waals surface area contributed by atoms with Crippen LogP contribution in [0.25, 0.3) is 22.0 Å². The van der Waals surface area contributed by atoms with Crippen LogP contribution in [0.4, 0.5) is 5.82 Å². The summed E-state index contributed by atoms with van der Waals surface area (Å²) in [6, 6.07) is 9.59. The van der Waals surface area contributed by atoms with Crippen LogP contribution in [0.1, 0.15) is 60.4 Å². The molecule has 0 atom stereocenters. The maximum Gasteiger partial charge on any atom is 0.253 e. The number of nitrogens with one attached hydrogen (secondary N) is 2. The molecule has 4 N–H and O–H groups in total. The second-order valence-electron chi connectivity index (χ2n) is 8.83. The molecule has 0 aliphatic carbocycles. The zero-order valence-electron chi connectivity index (χ0n) is 20.0. The molecule has 0 aliphatic heterocycles. The van der Waals surface area contributed by atoms with E-state index in [9.17, 15) is 9.59 Å². The summed E-state index contributed by atoms with van der Waals surface area (Å²) >= 11 is 0. The van der Waals surface area contributed by atoms with E-state index in [4.69, 9.17) is 5.73 Å². The van der Waals surface area contributed by atoms with Gasteiger partial charge in [-0.05, 0) is 74.2 Å². The highest BCUT2D eigenvalue weighted by Crippen LogP contribution is 2.30. The van der Waals surface area contributed by atoms with Gasteiger partial charge < -0.3 is 16.0 Å². The number of hydrogen-bond donors (Lipinski definition) is 3.